The molecule has 0 aliphatic heterocycles. The van der Waals surface area contributed by atoms with Gasteiger partial charge in [-0.1, -0.05) is 11.6 Å². The van der Waals surface area contributed by atoms with Gasteiger partial charge >= 0.3 is 0 Å². The monoisotopic (exact) mass is 489 g/mol. The fraction of sp³-hybridized carbons (Fsp3) is 0.227. The van der Waals surface area contributed by atoms with Crippen LogP contribution in [0.5, 0.6) is 11.5 Å². The number of nitrogens with one attached hydrogen (secondary N) is 1. The minimum atomic E-state index is -0.372. The number of methoxy groups -OCH3 is 1. The number of fused-ring (bicyclic) bond motifs is 3. The molecule has 0 bridgehead atoms. The molecule has 0 unspecified atom stereocenters. The highest BCUT2D eigenvalue weighted by molar-refractivity contribution is 7.21. The Hall–Kier alpha value is -2.88. The summed E-state index contributed by atoms with van der Waals surface area (Å²) < 4.78 is 13.1. The van der Waals surface area contributed by atoms with Crippen molar-refractivity contribution < 1.29 is 19.1 Å². The number of aryl methyl sites for hydroxylation is 1. The lowest BCUT2D eigenvalue weighted by atomic mass is 10.2. The van der Waals surface area contributed by atoms with Crippen LogP contribution in [0.25, 0.3) is 20.3 Å². The number of likely N-dealkylation sites (N-methyl/N-ethyl adjacent to an activating group) is 1. The highest BCUT2D eigenvalue weighted by atomic mass is 35.5. The first-order valence-corrected chi connectivity index (χ1v) is 11.7. The summed E-state index contributed by atoms with van der Waals surface area (Å²) in [6, 6.07) is 8.79. The summed E-state index contributed by atoms with van der Waals surface area (Å²) in [6.45, 7) is 1.64. The number of carbonyl (C=O) groups is 2. The SMILES string of the molecule is COc1ccc(Cl)cc1NC(=O)CN(C)C(=O)COc1cc2sc(C)nc2c2sccc12. The van der Waals surface area contributed by atoms with E-state index in [0.29, 0.717) is 22.2 Å². The van der Waals surface area contributed by atoms with Crippen molar-refractivity contribution in [1.29, 1.82) is 0 Å². The lowest BCUT2D eigenvalue weighted by Gasteiger charge is -2.18. The summed E-state index contributed by atoms with van der Waals surface area (Å²) in [6.07, 6.45) is 0. The molecule has 32 heavy (non-hydrogen) atoms. The maximum absolute atomic E-state index is 12.6. The summed E-state index contributed by atoms with van der Waals surface area (Å²) in [5.41, 5.74) is 1.40. The number of halogens is 1. The molecule has 10 heteroatoms. The van der Waals surface area contributed by atoms with Gasteiger partial charge in [0.05, 0.1) is 39.3 Å². The zero-order chi connectivity index (χ0) is 22.8. The van der Waals surface area contributed by atoms with Crippen LogP contribution in [0.2, 0.25) is 5.02 Å². The molecular formula is C22H20ClN3O4S2. The number of anilines is 1. The van der Waals surface area contributed by atoms with Gasteiger partial charge < -0.3 is 19.7 Å². The van der Waals surface area contributed by atoms with E-state index in [9.17, 15) is 9.59 Å². The van der Waals surface area contributed by atoms with Crippen molar-refractivity contribution in [2.75, 3.05) is 32.6 Å². The standard InChI is InChI=1S/C22H20ClN3O4S2/c1-12-24-21-18(32-12)9-17(14-6-7-31-22(14)21)30-11-20(28)26(2)10-19(27)25-15-8-13(23)4-5-16(15)29-3/h4-9H,10-11H2,1-3H3,(H,25,27). The van der Waals surface area contributed by atoms with E-state index in [1.54, 1.807) is 47.9 Å². The van der Waals surface area contributed by atoms with Crippen molar-refractivity contribution in [1.82, 2.24) is 9.88 Å². The molecule has 2 amide bonds. The molecule has 0 spiro atoms. The van der Waals surface area contributed by atoms with Crippen molar-refractivity contribution in [3.8, 4) is 11.5 Å². The van der Waals surface area contributed by atoms with Gasteiger partial charge in [0, 0.05) is 23.5 Å². The number of amides is 2. The van der Waals surface area contributed by atoms with Gasteiger partial charge in [-0.25, -0.2) is 4.98 Å². The van der Waals surface area contributed by atoms with E-state index in [-0.39, 0.29) is 25.0 Å². The van der Waals surface area contributed by atoms with Crippen LogP contribution in [0.4, 0.5) is 5.69 Å². The number of nitrogens with zero attached hydrogens (tertiary/aromatic N) is 2. The number of thiazole rings is 1. The highest BCUT2D eigenvalue weighted by Gasteiger charge is 2.17. The Morgan fingerprint density at radius 3 is 2.81 bits per heavy atom. The number of aromatic nitrogens is 1. The van der Waals surface area contributed by atoms with Crippen LogP contribution in [0.3, 0.4) is 0 Å². The number of thiophene rings is 1. The van der Waals surface area contributed by atoms with Crippen LogP contribution in [0.15, 0.2) is 35.7 Å². The zero-order valence-corrected chi connectivity index (χ0v) is 20.0. The number of hydrogen-bond donors (Lipinski definition) is 1. The number of carbonyl (C=O) groups excluding carboxylic acids is 2. The predicted octanol–water partition coefficient (Wildman–Crippen LogP) is 4.96. The van der Waals surface area contributed by atoms with E-state index in [4.69, 9.17) is 21.1 Å². The molecule has 0 saturated heterocycles. The fourth-order valence-electron chi connectivity index (χ4n) is 3.23. The fourth-order valence-corrected chi connectivity index (χ4v) is 5.23. The minimum absolute atomic E-state index is 0.140. The second-order valence-electron chi connectivity index (χ2n) is 7.05. The van der Waals surface area contributed by atoms with Crippen LogP contribution >= 0.6 is 34.3 Å². The Labute approximate surface area is 197 Å². The summed E-state index contributed by atoms with van der Waals surface area (Å²) in [4.78, 5) is 30.9. The molecular weight excluding hydrogens is 470 g/mol. The normalized spacial score (nSPS) is 11.0. The van der Waals surface area contributed by atoms with Crippen molar-refractivity contribution in [2.24, 2.45) is 0 Å². The Kier molecular flexibility index (Phi) is 6.50. The molecule has 4 rings (SSSR count). The lowest BCUT2D eigenvalue weighted by molar-refractivity contribution is -0.135. The van der Waals surface area contributed by atoms with Crippen LogP contribution in [0, 0.1) is 6.92 Å². The average molecular weight is 490 g/mol. The summed E-state index contributed by atoms with van der Waals surface area (Å²) >= 11 is 9.17. The zero-order valence-electron chi connectivity index (χ0n) is 17.6. The van der Waals surface area contributed by atoms with E-state index < -0.39 is 0 Å². The van der Waals surface area contributed by atoms with Crippen LogP contribution in [0.1, 0.15) is 5.01 Å². The smallest absolute Gasteiger partial charge is 0.260 e. The lowest BCUT2D eigenvalue weighted by Crippen LogP contribution is -2.37. The molecule has 0 fully saturated rings. The second-order valence-corrected chi connectivity index (χ2v) is 9.64. The van der Waals surface area contributed by atoms with Gasteiger partial charge in [0.1, 0.15) is 11.5 Å². The highest BCUT2D eigenvalue weighted by Crippen LogP contribution is 2.38. The quantitative estimate of drug-likeness (QED) is 0.397. The van der Waals surface area contributed by atoms with Crippen LogP contribution < -0.4 is 14.8 Å². The van der Waals surface area contributed by atoms with Crippen molar-refractivity contribution >= 4 is 72.1 Å². The largest absolute Gasteiger partial charge is 0.495 e. The van der Waals surface area contributed by atoms with Crippen molar-refractivity contribution in [3.05, 3.63) is 45.7 Å². The van der Waals surface area contributed by atoms with Crippen molar-refractivity contribution in [2.45, 2.75) is 6.92 Å². The first kappa shape index (κ1) is 22.3. The Bertz CT molecular complexity index is 1320. The molecule has 2 heterocycles. The van der Waals surface area contributed by atoms with Gasteiger partial charge in [0.15, 0.2) is 6.61 Å². The third kappa shape index (κ3) is 4.64. The first-order valence-electron chi connectivity index (χ1n) is 9.63. The van der Waals surface area contributed by atoms with Gasteiger partial charge in [0.25, 0.3) is 5.91 Å². The first-order chi connectivity index (χ1) is 15.4. The van der Waals surface area contributed by atoms with Crippen LogP contribution in [-0.2, 0) is 9.59 Å². The Balaban J connectivity index is 1.40. The van der Waals surface area contributed by atoms with Gasteiger partial charge in [-0.2, -0.15) is 0 Å². The number of benzene rings is 2. The molecule has 0 atom stereocenters. The number of rotatable bonds is 7. The Morgan fingerprint density at radius 1 is 1.22 bits per heavy atom. The summed E-state index contributed by atoms with van der Waals surface area (Å²) in [7, 11) is 3.05. The maximum atomic E-state index is 12.6. The van der Waals surface area contributed by atoms with E-state index in [1.807, 2.05) is 24.4 Å². The number of hydrogen-bond acceptors (Lipinski definition) is 7. The third-order valence-corrected chi connectivity index (χ3v) is 6.84. The van der Waals surface area contributed by atoms with E-state index in [1.165, 1.54) is 12.0 Å². The van der Waals surface area contributed by atoms with Crippen molar-refractivity contribution in [3.63, 3.8) is 0 Å². The van der Waals surface area contributed by atoms with Crippen LogP contribution in [-0.4, -0.2) is 49.0 Å². The second kappa shape index (κ2) is 9.32. The molecule has 0 radical (unpaired) electrons. The van der Waals surface area contributed by atoms with E-state index >= 15 is 0 Å². The predicted molar refractivity (Wildman–Crippen MR) is 130 cm³/mol. The van der Waals surface area contributed by atoms with E-state index in [2.05, 4.69) is 10.3 Å². The molecule has 1 N–H and O–H groups in total. The van der Waals surface area contributed by atoms with Gasteiger partial charge in [-0.15, -0.1) is 22.7 Å². The molecule has 0 aliphatic carbocycles. The van der Waals surface area contributed by atoms with Gasteiger partial charge in [-0.05, 0) is 36.6 Å². The van der Waals surface area contributed by atoms with E-state index in [0.717, 1.165) is 25.3 Å². The number of ether oxygens (including phenoxy) is 2. The minimum Gasteiger partial charge on any atom is -0.495 e. The summed E-state index contributed by atoms with van der Waals surface area (Å²) in [5, 5.41) is 7.06. The average Bonchev–Trinajstić information content (AvgIpc) is 3.37. The van der Waals surface area contributed by atoms with Gasteiger partial charge in [-0.3, -0.25) is 9.59 Å². The molecule has 4 aromatic rings. The molecule has 2 aromatic heterocycles. The van der Waals surface area contributed by atoms with Gasteiger partial charge in [0.2, 0.25) is 5.91 Å². The maximum Gasteiger partial charge on any atom is 0.260 e. The third-order valence-electron chi connectivity index (χ3n) is 4.76. The summed E-state index contributed by atoms with van der Waals surface area (Å²) in [5.74, 6) is 0.422. The molecule has 2 aromatic carbocycles. The molecule has 7 nitrogen and oxygen atoms in total. The molecule has 0 saturated carbocycles. The Morgan fingerprint density at radius 2 is 2.03 bits per heavy atom. The topological polar surface area (TPSA) is 80.8 Å². The molecule has 166 valence electrons. The molecule has 0 aliphatic rings.